The number of pyridine rings is 1. The second-order valence-corrected chi connectivity index (χ2v) is 6.59. The molecular weight excluding hydrogens is 332 g/mol. The van der Waals surface area contributed by atoms with Crippen molar-refractivity contribution < 1.29 is 19.0 Å². The molecule has 1 unspecified atom stereocenters. The first-order valence-corrected chi connectivity index (χ1v) is 8.96. The third-order valence-corrected chi connectivity index (χ3v) is 4.67. The second kappa shape index (κ2) is 7.74. The van der Waals surface area contributed by atoms with Gasteiger partial charge < -0.3 is 19.1 Å². The van der Waals surface area contributed by atoms with Crippen LogP contribution in [0, 0.1) is 0 Å². The van der Waals surface area contributed by atoms with Crippen LogP contribution >= 0.6 is 0 Å². The van der Waals surface area contributed by atoms with Crippen LogP contribution in [-0.4, -0.2) is 41.8 Å². The van der Waals surface area contributed by atoms with Crippen LogP contribution in [-0.2, 0) is 22.5 Å². The lowest BCUT2D eigenvalue weighted by molar-refractivity contribution is -0.132. The molecule has 1 aromatic heterocycles. The minimum absolute atomic E-state index is 0.0602. The maximum atomic E-state index is 13.0. The Hall–Kier alpha value is -2.60. The van der Waals surface area contributed by atoms with Crippen molar-refractivity contribution in [3.63, 3.8) is 0 Å². The van der Waals surface area contributed by atoms with Crippen LogP contribution in [0.3, 0.4) is 0 Å². The van der Waals surface area contributed by atoms with Gasteiger partial charge >= 0.3 is 0 Å². The van der Waals surface area contributed by atoms with E-state index < -0.39 is 0 Å². The molecular formula is C20H22N2O4. The van der Waals surface area contributed by atoms with Crippen molar-refractivity contribution in [2.24, 2.45) is 0 Å². The Morgan fingerprint density at radius 2 is 2.12 bits per heavy atom. The zero-order valence-corrected chi connectivity index (χ0v) is 14.6. The van der Waals surface area contributed by atoms with Gasteiger partial charge in [-0.3, -0.25) is 9.78 Å². The number of nitrogens with zero attached hydrogens (tertiary/aromatic N) is 2. The monoisotopic (exact) mass is 354 g/mol. The molecule has 1 atom stereocenters. The molecule has 6 nitrogen and oxygen atoms in total. The van der Waals surface area contributed by atoms with Gasteiger partial charge in [-0.15, -0.1) is 0 Å². The Morgan fingerprint density at radius 3 is 2.92 bits per heavy atom. The van der Waals surface area contributed by atoms with Crippen LogP contribution in [0.15, 0.2) is 42.6 Å². The van der Waals surface area contributed by atoms with Crippen LogP contribution in [0.25, 0.3) is 0 Å². The van der Waals surface area contributed by atoms with Crippen LogP contribution in [0.1, 0.15) is 24.1 Å². The molecule has 2 aliphatic rings. The van der Waals surface area contributed by atoms with Crippen LogP contribution < -0.4 is 9.47 Å². The Bertz CT molecular complexity index is 760. The van der Waals surface area contributed by atoms with E-state index in [0.29, 0.717) is 25.3 Å². The maximum Gasteiger partial charge on any atom is 0.231 e. The molecule has 3 heterocycles. The SMILES string of the molecule is O=C(Cc1ccc2c(c1)OCO2)N(Cc1ccccn1)CC1CCCO1. The molecule has 0 bridgehead atoms. The molecule has 4 rings (SSSR count). The first-order chi connectivity index (χ1) is 12.8. The van der Waals surface area contributed by atoms with Gasteiger partial charge in [0, 0.05) is 19.3 Å². The minimum atomic E-state index is 0.0602. The van der Waals surface area contributed by atoms with Crippen molar-refractivity contribution in [1.29, 1.82) is 0 Å². The van der Waals surface area contributed by atoms with E-state index in [9.17, 15) is 4.79 Å². The summed E-state index contributed by atoms with van der Waals surface area (Å²) in [7, 11) is 0. The highest BCUT2D eigenvalue weighted by Gasteiger charge is 2.24. The lowest BCUT2D eigenvalue weighted by Gasteiger charge is -2.25. The zero-order valence-electron chi connectivity index (χ0n) is 14.6. The summed E-state index contributed by atoms with van der Waals surface area (Å²) < 4.78 is 16.5. The predicted octanol–water partition coefficient (Wildman–Crippen LogP) is 2.56. The lowest BCUT2D eigenvalue weighted by atomic mass is 10.1. The number of benzene rings is 1. The standard InChI is InChI=1S/C20H22N2O4/c23-20(11-15-6-7-18-19(10-15)26-14-25-18)22(13-17-5-3-9-24-17)12-16-4-1-2-8-21-16/h1-2,4,6-8,10,17H,3,5,9,11-14H2. The Kier molecular flexibility index (Phi) is 5.02. The van der Waals surface area contributed by atoms with Gasteiger partial charge in [0.25, 0.3) is 0 Å². The molecule has 2 aliphatic heterocycles. The number of fused-ring (bicyclic) bond motifs is 1. The van der Waals surface area contributed by atoms with E-state index in [0.717, 1.165) is 36.5 Å². The molecule has 0 N–H and O–H groups in total. The summed E-state index contributed by atoms with van der Waals surface area (Å²) >= 11 is 0. The number of amides is 1. The first-order valence-electron chi connectivity index (χ1n) is 8.96. The minimum Gasteiger partial charge on any atom is -0.454 e. The van der Waals surface area contributed by atoms with Crippen molar-refractivity contribution in [2.45, 2.75) is 31.9 Å². The molecule has 0 saturated carbocycles. The average molecular weight is 354 g/mol. The van der Waals surface area contributed by atoms with Crippen molar-refractivity contribution in [1.82, 2.24) is 9.88 Å². The Balaban J connectivity index is 1.47. The average Bonchev–Trinajstić information content (AvgIpc) is 3.33. The molecule has 1 aromatic carbocycles. The molecule has 0 spiro atoms. The molecule has 2 aromatic rings. The second-order valence-electron chi connectivity index (χ2n) is 6.59. The van der Waals surface area contributed by atoms with E-state index in [2.05, 4.69) is 4.98 Å². The van der Waals surface area contributed by atoms with E-state index in [-0.39, 0.29) is 18.8 Å². The number of carbonyl (C=O) groups excluding carboxylic acids is 1. The first kappa shape index (κ1) is 16.8. The van der Waals surface area contributed by atoms with E-state index in [1.807, 2.05) is 41.3 Å². The van der Waals surface area contributed by atoms with Crippen LogP contribution in [0.5, 0.6) is 11.5 Å². The highest BCUT2D eigenvalue weighted by atomic mass is 16.7. The molecule has 0 radical (unpaired) electrons. The summed E-state index contributed by atoms with van der Waals surface area (Å²) in [5, 5.41) is 0. The molecule has 1 saturated heterocycles. The van der Waals surface area contributed by atoms with Gasteiger partial charge in [-0.05, 0) is 42.7 Å². The lowest BCUT2D eigenvalue weighted by Crippen LogP contribution is -2.38. The largest absolute Gasteiger partial charge is 0.454 e. The smallest absolute Gasteiger partial charge is 0.231 e. The molecule has 26 heavy (non-hydrogen) atoms. The third kappa shape index (κ3) is 3.96. The summed E-state index contributed by atoms with van der Waals surface area (Å²) in [5.41, 5.74) is 1.79. The third-order valence-electron chi connectivity index (χ3n) is 4.67. The summed E-state index contributed by atoms with van der Waals surface area (Å²) in [6.07, 6.45) is 4.23. The van der Waals surface area contributed by atoms with Gasteiger partial charge in [0.05, 0.1) is 24.8 Å². The van der Waals surface area contributed by atoms with Crippen molar-refractivity contribution in [3.05, 3.63) is 53.9 Å². The van der Waals surface area contributed by atoms with Gasteiger partial charge in [0.2, 0.25) is 12.7 Å². The Morgan fingerprint density at radius 1 is 1.19 bits per heavy atom. The number of ether oxygens (including phenoxy) is 3. The molecule has 1 amide bonds. The van der Waals surface area contributed by atoms with Crippen molar-refractivity contribution in [3.8, 4) is 11.5 Å². The molecule has 1 fully saturated rings. The predicted molar refractivity (Wildman–Crippen MR) is 94.9 cm³/mol. The quantitative estimate of drug-likeness (QED) is 0.798. The number of rotatable bonds is 6. The van der Waals surface area contributed by atoms with E-state index in [1.165, 1.54) is 0 Å². The number of carbonyl (C=O) groups is 1. The van der Waals surface area contributed by atoms with E-state index in [1.54, 1.807) is 6.20 Å². The van der Waals surface area contributed by atoms with E-state index >= 15 is 0 Å². The van der Waals surface area contributed by atoms with Crippen LogP contribution in [0.2, 0.25) is 0 Å². The topological polar surface area (TPSA) is 60.9 Å². The Labute approximate surface area is 152 Å². The maximum absolute atomic E-state index is 13.0. The van der Waals surface area contributed by atoms with Crippen LogP contribution in [0.4, 0.5) is 0 Å². The highest BCUT2D eigenvalue weighted by Crippen LogP contribution is 2.32. The van der Waals surface area contributed by atoms with Crippen molar-refractivity contribution >= 4 is 5.91 Å². The van der Waals surface area contributed by atoms with Crippen molar-refractivity contribution in [2.75, 3.05) is 19.9 Å². The summed E-state index contributed by atoms with van der Waals surface area (Å²) in [4.78, 5) is 19.2. The van der Waals surface area contributed by atoms with Gasteiger partial charge in [-0.1, -0.05) is 12.1 Å². The van der Waals surface area contributed by atoms with Gasteiger partial charge in [0.1, 0.15) is 0 Å². The summed E-state index contributed by atoms with van der Waals surface area (Å²) in [5.74, 6) is 1.49. The summed E-state index contributed by atoms with van der Waals surface area (Å²) in [6.45, 7) is 2.10. The fraction of sp³-hybridized carbons (Fsp3) is 0.400. The highest BCUT2D eigenvalue weighted by molar-refractivity contribution is 5.79. The number of aromatic nitrogens is 1. The van der Waals surface area contributed by atoms with Gasteiger partial charge in [-0.2, -0.15) is 0 Å². The van der Waals surface area contributed by atoms with Gasteiger partial charge in [-0.25, -0.2) is 0 Å². The zero-order chi connectivity index (χ0) is 17.8. The number of hydrogen-bond acceptors (Lipinski definition) is 5. The summed E-state index contributed by atoms with van der Waals surface area (Å²) in [6, 6.07) is 11.4. The fourth-order valence-corrected chi connectivity index (χ4v) is 3.31. The van der Waals surface area contributed by atoms with E-state index in [4.69, 9.17) is 14.2 Å². The van der Waals surface area contributed by atoms with Gasteiger partial charge in [0.15, 0.2) is 11.5 Å². The fourth-order valence-electron chi connectivity index (χ4n) is 3.31. The number of hydrogen-bond donors (Lipinski definition) is 0. The molecule has 136 valence electrons. The molecule has 0 aliphatic carbocycles. The normalized spacial score (nSPS) is 18.1. The molecule has 6 heteroatoms.